The van der Waals surface area contributed by atoms with Crippen molar-refractivity contribution in [2.24, 2.45) is 0 Å². The minimum atomic E-state index is 0.122. The summed E-state index contributed by atoms with van der Waals surface area (Å²) in [6.07, 6.45) is 0.677. The molecule has 1 heterocycles. The molecule has 0 aliphatic carbocycles. The SMILES string of the molecule is O=C1Cc2ccccc2[Se]1. The summed E-state index contributed by atoms with van der Waals surface area (Å²) in [6, 6.07) is 8.09. The van der Waals surface area contributed by atoms with Crippen molar-refractivity contribution in [3.05, 3.63) is 29.8 Å². The van der Waals surface area contributed by atoms with Crippen LogP contribution in [-0.2, 0) is 11.2 Å². The Morgan fingerprint density at radius 1 is 1.30 bits per heavy atom. The molecular weight excluding hydrogens is 191 g/mol. The molecule has 0 saturated heterocycles. The number of benzene rings is 1. The number of rotatable bonds is 0. The molecule has 1 aromatic rings. The zero-order valence-electron chi connectivity index (χ0n) is 5.33. The van der Waals surface area contributed by atoms with Crippen LogP contribution < -0.4 is 4.46 Å². The van der Waals surface area contributed by atoms with E-state index in [1.165, 1.54) is 10.0 Å². The predicted octanol–water partition coefficient (Wildman–Crippen LogP) is 0.0988. The fraction of sp³-hybridized carbons (Fsp3) is 0.125. The molecule has 0 fully saturated rings. The third-order valence-corrected chi connectivity index (χ3v) is 3.61. The maximum atomic E-state index is 10.9. The molecular formula is C8H6OSe. The van der Waals surface area contributed by atoms with Crippen LogP contribution in [0.5, 0.6) is 0 Å². The van der Waals surface area contributed by atoms with E-state index in [9.17, 15) is 4.79 Å². The second-order valence-corrected chi connectivity index (χ2v) is 4.56. The first-order valence-electron chi connectivity index (χ1n) is 3.15. The molecule has 1 aliphatic rings. The average molecular weight is 197 g/mol. The Balaban J connectivity index is 2.51. The van der Waals surface area contributed by atoms with Crippen molar-refractivity contribution in [1.82, 2.24) is 0 Å². The van der Waals surface area contributed by atoms with E-state index in [0.717, 1.165) is 0 Å². The van der Waals surface area contributed by atoms with E-state index in [1.54, 1.807) is 0 Å². The zero-order chi connectivity index (χ0) is 6.97. The predicted molar refractivity (Wildman–Crippen MR) is 40.5 cm³/mol. The van der Waals surface area contributed by atoms with E-state index < -0.39 is 0 Å². The van der Waals surface area contributed by atoms with E-state index in [2.05, 4.69) is 6.07 Å². The van der Waals surface area contributed by atoms with Crippen LogP contribution in [0.25, 0.3) is 0 Å². The summed E-state index contributed by atoms with van der Waals surface area (Å²) in [5.74, 6) is 0. The molecule has 50 valence electrons. The van der Waals surface area contributed by atoms with Crippen LogP contribution in [0.2, 0.25) is 0 Å². The first-order valence-corrected chi connectivity index (χ1v) is 4.86. The van der Waals surface area contributed by atoms with Gasteiger partial charge in [-0.15, -0.1) is 0 Å². The first kappa shape index (κ1) is 6.14. The van der Waals surface area contributed by atoms with Crippen LogP contribution in [0.1, 0.15) is 5.56 Å². The third kappa shape index (κ3) is 0.898. The standard InChI is InChI=1S/C8H6OSe/c9-8-5-6-3-1-2-4-7(6)10-8/h1-4H,5H2. The molecule has 1 nitrogen and oxygen atoms in total. The van der Waals surface area contributed by atoms with Crippen LogP contribution in [0.15, 0.2) is 24.3 Å². The van der Waals surface area contributed by atoms with Gasteiger partial charge in [-0.3, -0.25) is 0 Å². The van der Waals surface area contributed by atoms with Gasteiger partial charge in [0.2, 0.25) is 0 Å². The quantitative estimate of drug-likeness (QED) is 0.539. The van der Waals surface area contributed by atoms with E-state index in [0.29, 0.717) is 11.1 Å². The molecule has 0 N–H and O–H groups in total. The van der Waals surface area contributed by atoms with Crippen LogP contribution in [-0.4, -0.2) is 19.6 Å². The Kier molecular flexibility index (Phi) is 1.37. The van der Waals surface area contributed by atoms with Gasteiger partial charge in [-0.2, -0.15) is 0 Å². The Morgan fingerprint density at radius 2 is 2.10 bits per heavy atom. The summed E-state index contributed by atoms with van der Waals surface area (Å²) in [7, 11) is 0. The first-order chi connectivity index (χ1) is 4.86. The molecule has 0 unspecified atom stereocenters. The van der Waals surface area contributed by atoms with Crippen molar-refractivity contribution in [1.29, 1.82) is 0 Å². The van der Waals surface area contributed by atoms with Crippen molar-refractivity contribution in [2.45, 2.75) is 6.42 Å². The molecule has 10 heavy (non-hydrogen) atoms. The molecule has 0 amide bonds. The van der Waals surface area contributed by atoms with Gasteiger partial charge in [-0.1, -0.05) is 0 Å². The Morgan fingerprint density at radius 3 is 2.90 bits per heavy atom. The van der Waals surface area contributed by atoms with E-state index in [-0.39, 0.29) is 15.0 Å². The molecule has 0 bridgehead atoms. The van der Waals surface area contributed by atoms with E-state index in [1.807, 2.05) is 18.2 Å². The van der Waals surface area contributed by atoms with Gasteiger partial charge in [0.25, 0.3) is 0 Å². The normalized spacial score (nSPS) is 15.4. The average Bonchev–Trinajstić information content (AvgIpc) is 2.27. The second kappa shape index (κ2) is 2.22. The fourth-order valence-corrected chi connectivity index (χ4v) is 2.93. The van der Waals surface area contributed by atoms with Crippen LogP contribution >= 0.6 is 0 Å². The Hall–Kier alpha value is -0.591. The molecule has 0 saturated carbocycles. The van der Waals surface area contributed by atoms with Gasteiger partial charge >= 0.3 is 65.1 Å². The molecule has 0 spiro atoms. The summed E-state index contributed by atoms with van der Waals surface area (Å²) in [5.41, 5.74) is 1.24. The number of hydrogen-bond donors (Lipinski definition) is 0. The van der Waals surface area contributed by atoms with Gasteiger partial charge in [-0.25, -0.2) is 0 Å². The molecule has 1 aliphatic heterocycles. The topological polar surface area (TPSA) is 17.1 Å². The number of carbonyl (C=O) groups is 1. The zero-order valence-corrected chi connectivity index (χ0v) is 7.05. The molecule has 0 radical (unpaired) electrons. The number of hydrogen-bond acceptors (Lipinski definition) is 1. The molecule has 2 heteroatoms. The van der Waals surface area contributed by atoms with Crippen molar-refractivity contribution < 1.29 is 4.79 Å². The second-order valence-electron chi connectivity index (χ2n) is 2.26. The van der Waals surface area contributed by atoms with Crippen molar-refractivity contribution >= 4 is 24.1 Å². The number of fused-ring (bicyclic) bond motifs is 1. The van der Waals surface area contributed by atoms with Crippen LogP contribution in [0, 0.1) is 0 Å². The van der Waals surface area contributed by atoms with Crippen LogP contribution in [0.3, 0.4) is 0 Å². The van der Waals surface area contributed by atoms with Crippen LogP contribution in [0.4, 0.5) is 0 Å². The number of carbonyl (C=O) groups excluding carboxylic acids is 1. The molecule has 1 aromatic carbocycles. The van der Waals surface area contributed by atoms with Gasteiger partial charge in [-0.05, 0) is 0 Å². The summed E-state index contributed by atoms with van der Waals surface area (Å²) in [4.78, 5) is 10.9. The van der Waals surface area contributed by atoms with E-state index in [4.69, 9.17) is 0 Å². The van der Waals surface area contributed by atoms with Crippen molar-refractivity contribution in [3.8, 4) is 0 Å². The molecule has 0 atom stereocenters. The fourth-order valence-electron chi connectivity index (χ4n) is 1.06. The van der Waals surface area contributed by atoms with Gasteiger partial charge in [0.15, 0.2) is 0 Å². The Bertz CT molecular complexity index is 253. The monoisotopic (exact) mass is 198 g/mol. The summed E-state index contributed by atoms with van der Waals surface area (Å²) < 4.78 is 1.69. The summed E-state index contributed by atoms with van der Waals surface area (Å²) in [5, 5.41) is 0. The van der Waals surface area contributed by atoms with Gasteiger partial charge in [0.1, 0.15) is 0 Å². The molecule has 0 aromatic heterocycles. The summed E-state index contributed by atoms with van der Waals surface area (Å²) >= 11 is 0.122. The van der Waals surface area contributed by atoms with E-state index >= 15 is 0 Å². The van der Waals surface area contributed by atoms with Crippen molar-refractivity contribution in [2.75, 3.05) is 0 Å². The third-order valence-electron chi connectivity index (χ3n) is 1.53. The Labute approximate surface area is 65.6 Å². The van der Waals surface area contributed by atoms with Crippen molar-refractivity contribution in [3.63, 3.8) is 0 Å². The minimum absolute atomic E-state index is 0.122. The maximum absolute atomic E-state index is 10.9. The summed E-state index contributed by atoms with van der Waals surface area (Å²) in [6.45, 7) is 0. The van der Waals surface area contributed by atoms with Gasteiger partial charge < -0.3 is 0 Å². The van der Waals surface area contributed by atoms with Gasteiger partial charge in [0.05, 0.1) is 0 Å². The van der Waals surface area contributed by atoms with Gasteiger partial charge in [0, 0.05) is 0 Å². The molecule has 2 rings (SSSR count).